The highest BCUT2D eigenvalue weighted by Crippen LogP contribution is 2.23. The number of pyridine rings is 1. The van der Waals surface area contributed by atoms with E-state index in [4.69, 9.17) is 0 Å². The maximum Gasteiger partial charge on any atom is 0.275 e. The standard InChI is InChI=1S/C22H19N5O/c1-14-8-9-15(2)18(11-14)27-22(28)19-12-25-20(13-24-19)26-17-7-3-5-16-6-4-10-23-21(16)17/h3-13H,1-2H3,(H,25,26)(H,27,28). The molecule has 0 atom stereocenters. The Labute approximate surface area is 162 Å². The minimum absolute atomic E-state index is 0.252. The van der Waals surface area contributed by atoms with Crippen molar-refractivity contribution in [2.24, 2.45) is 0 Å². The Morgan fingerprint density at radius 3 is 2.57 bits per heavy atom. The molecule has 4 rings (SSSR count). The molecule has 0 spiro atoms. The van der Waals surface area contributed by atoms with Crippen molar-refractivity contribution in [2.75, 3.05) is 10.6 Å². The van der Waals surface area contributed by atoms with Gasteiger partial charge in [0.15, 0.2) is 0 Å². The minimum atomic E-state index is -0.292. The highest BCUT2D eigenvalue weighted by molar-refractivity contribution is 6.03. The molecule has 0 unspecified atom stereocenters. The lowest BCUT2D eigenvalue weighted by atomic mass is 10.1. The number of anilines is 3. The number of nitrogens with zero attached hydrogens (tertiary/aromatic N) is 3. The molecule has 138 valence electrons. The number of carbonyl (C=O) groups excluding carboxylic acids is 1. The number of hydrogen-bond acceptors (Lipinski definition) is 5. The number of aromatic nitrogens is 3. The first-order valence-corrected chi connectivity index (χ1v) is 8.91. The van der Waals surface area contributed by atoms with E-state index < -0.39 is 0 Å². The van der Waals surface area contributed by atoms with Gasteiger partial charge < -0.3 is 10.6 Å². The highest BCUT2D eigenvalue weighted by atomic mass is 16.1. The molecule has 0 fully saturated rings. The van der Waals surface area contributed by atoms with Gasteiger partial charge in [0.1, 0.15) is 11.5 Å². The zero-order valence-corrected chi connectivity index (χ0v) is 15.6. The van der Waals surface area contributed by atoms with Gasteiger partial charge in [-0.15, -0.1) is 0 Å². The highest BCUT2D eigenvalue weighted by Gasteiger charge is 2.11. The molecular weight excluding hydrogens is 350 g/mol. The summed E-state index contributed by atoms with van der Waals surface area (Å²) in [6.07, 6.45) is 4.75. The van der Waals surface area contributed by atoms with Crippen LogP contribution in [0.2, 0.25) is 0 Å². The molecule has 0 aliphatic rings. The van der Waals surface area contributed by atoms with Crippen LogP contribution in [0, 0.1) is 13.8 Å². The third kappa shape index (κ3) is 3.66. The number of nitrogens with one attached hydrogen (secondary N) is 2. The number of benzene rings is 2. The van der Waals surface area contributed by atoms with Gasteiger partial charge >= 0.3 is 0 Å². The molecule has 0 saturated carbocycles. The number of rotatable bonds is 4. The van der Waals surface area contributed by atoms with Gasteiger partial charge in [-0.2, -0.15) is 0 Å². The minimum Gasteiger partial charge on any atom is -0.337 e. The zero-order chi connectivity index (χ0) is 19.5. The summed E-state index contributed by atoms with van der Waals surface area (Å²) in [5, 5.41) is 7.13. The van der Waals surface area contributed by atoms with E-state index in [1.807, 2.05) is 62.4 Å². The van der Waals surface area contributed by atoms with Gasteiger partial charge in [-0.1, -0.05) is 30.3 Å². The fraction of sp³-hybridized carbons (Fsp3) is 0.0909. The third-order valence-corrected chi connectivity index (χ3v) is 4.42. The van der Waals surface area contributed by atoms with Crippen molar-refractivity contribution in [1.82, 2.24) is 15.0 Å². The van der Waals surface area contributed by atoms with Crippen LogP contribution in [0.15, 0.2) is 67.1 Å². The van der Waals surface area contributed by atoms with E-state index in [0.29, 0.717) is 5.82 Å². The van der Waals surface area contributed by atoms with Crippen LogP contribution in [-0.4, -0.2) is 20.9 Å². The van der Waals surface area contributed by atoms with Gasteiger partial charge in [0.25, 0.3) is 5.91 Å². The number of para-hydroxylation sites is 1. The lowest BCUT2D eigenvalue weighted by molar-refractivity contribution is 0.102. The number of amides is 1. The van der Waals surface area contributed by atoms with Crippen LogP contribution in [0.4, 0.5) is 17.2 Å². The van der Waals surface area contributed by atoms with Gasteiger partial charge in [-0.25, -0.2) is 9.97 Å². The molecule has 0 aliphatic carbocycles. The molecule has 0 aliphatic heterocycles. The number of aryl methyl sites for hydroxylation is 2. The summed E-state index contributed by atoms with van der Waals surface area (Å²) >= 11 is 0. The maximum atomic E-state index is 12.5. The lowest BCUT2D eigenvalue weighted by Crippen LogP contribution is -2.15. The van der Waals surface area contributed by atoms with Crippen LogP contribution in [-0.2, 0) is 0 Å². The summed E-state index contributed by atoms with van der Waals surface area (Å²) in [5.41, 5.74) is 4.78. The van der Waals surface area contributed by atoms with Gasteiger partial charge in [0.05, 0.1) is 23.6 Å². The number of fused-ring (bicyclic) bond motifs is 1. The molecule has 2 aromatic carbocycles. The Morgan fingerprint density at radius 2 is 1.75 bits per heavy atom. The molecule has 2 heterocycles. The first kappa shape index (κ1) is 17.6. The van der Waals surface area contributed by atoms with Crippen molar-refractivity contribution >= 4 is 34.0 Å². The normalized spacial score (nSPS) is 10.6. The molecule has 4 aromatic rings. The SMILES string of the molecule is Cc1ccc(C)c(NC(=O)c2cnc(Nc3cccc4cccnc34)cn2)c1. The molecule has 0 bridgehead atoms. The second-order valence-electron chi connectivity index (χ2n) is 6.57. The van der Waals surface area contributed by atoms with Gasteiger partial charge in [0, 0.05) is 17.3 Å². The average molecular weight is 369 g/mol. The van der Waals surface area contributed by atoms with Gasteiger partial charge in [-0.3, -0.25) is 9.78 Å². The van der Waals surface area contributed by atoms with Crippen LogP contribution < -0.4 is 10.6 Å². The molecule has 1 amide bonds. The van der Waals surface area contributed by atoms with Crippen LogP contribution in [0.3, 0.4) is 0 Å². The van der Waals surface area contributed by atoms with Crippen molar-refractivity contribution < 1.29 is 4.79 Å². The number of hydrogen-bond donors (Lipinski definition) is 2. The van der Waals surface area contributed by atoms with Crippen molar-refractivity contribution in [3.05, 3.63) is 83.9 Å². The van der Waals surface area contributed by atoms with Crippen molar-refractivity contribution in [3.8, 4) is 0 Å². The van der Waals surface area contributed by atoms with E-state index in [0.717, 1.165) is 33.4 Å². The fourth-order valence-electron chi connectivity index (χ4n) is 2.91. The van der Waals surface area contributed by atoms with Gasteiger partial charge in [0.2, 0.25) is 0 Å². The van der Waals surface area contributed by atoms with E-state index in [1.54, 1.807) is 12.4 Å². The predicted octanol–water partition coefficient (Wildman–Crippen LogP) is 4.64. The van der Waals surface area contributed by atoms with Crippen LogP contribution in [0.25, 0.3) is 10.9 Å². The summed E-state index contributed by atoms with van der Waals surface area (Å²) in [5.74, 6) is 0.251. The first-order valence-electron chi connectivity index (χ1n) is 8.91. The molecule has 0 radical (unpaired) electrons. The topological polar surface area (TPSA) is 79.8 Å². The molecule has 0 saturated heterocycles. The van der Waals surface area contributed by atoms with E-state index in [-0.39, 0.29) is 11.6 Å². The summed E-state index contributed by atoms with van der Waals surface area (Å²) in [6.45, 7) is 3.93. The molecular formula is C22H19N5O. The van der Waals surface area contributed by atoms with Crippen molar-refractivity contribution in [2.45, 2.75) is 13.8 Å². The fourth-order valence-corrected chi connectivity index (χ4v) is 2.91. The largest absolute Gasteiger partial charge is 0.337 e. The van der Waals surface area contributed by atoms with Gasteiger partial charge in [-0.05, 0) is 43.2 Å². The van der Waals surface area contributed by atoms with Crippen LogP contribution in [0.1, 0.15) is 21.6 Å². The lowest BCUT2D eigenvalue weighted by Gasteiger charge is -2.10. The van der Waals surface area contributed by atoms with Crippen molar-refractivity contribution in [1.29, 1.82) is 0 Å². The maximum absolute atomic E-state index is 12.5. The summed E-state index contributed by atoms with van der Waals surface area (Å²) in [4.78, 5) is 25.5. The Bertz CT molecular complexity index is 1150. The second-order valence-corrected chi connectivity index (χ2v) is 6.57. The van der Waals surface area contributed by atoms with E-state index >= 15 is 0 Å². The summed E-state index contributed by atoms with van der Waals surface area (Å²) in [7, 11) is 0. The van der Waals surface area contributed by atoms with Crippen LogP contribution >= 0.6 is 0 Å². The Kier molecular flexibility index (Phi) is 4.68. The first-order chi connectivity index (χ1) is 13.6. The molecule has 2 aromatic heterocycles. The molecule has 6 heteroatoms. The predicted molar refractivity (Wildman–Crippen MR) is 111 cm³/mol. The monoisotopic (exact) mass is 369 g/mol. The van der Waals surface area contributed by atoms with E-state index in [1.165, 1.54) is 6.20 Å². The van der Waals surface area contributed by atoms with Crippen LogP contribution in [0.5, 0.6) is 0 Å². The van der Waals surface area contributed by atoms with E-state index in [9.17, 15) is 4.79 Å². The molecule has 6 nitrogen and oxygen atoms in total. The Hall–Kier alpha value is -3.80. The average Bonchev–Trinajstić information content (AvgIpc) is 2.71. The third-order valence-electron chi connectivity index (χ3n) is 4.42. The summed E-state index contributed by atoms with van der Waals surface area (Å²) < 4.78 is 0. The van der Waals surface area contributed by atoms with Crippen molar-refractivity contribution in [3.63, 3.8) is 0 Å². The van der Waals surface area contributed by atoms with E-state index in [2.05, 4.69) is 25.6 Å². The molecule has 2 N–H and O–H groups in total. The smallest absolute Gasteiger partial charge is 0.275 e. The quantitative estimate of drug-likeness (QED) is 0.548. The zero-order valence-electron chi connectivity index (χ0n) is 15.6. The summed E-state index contributed by atoms with van der Waals surface area (Å²) in [6, 6.07) is 15.7. The number of carbonyl (C=O) groups is 1. The molecule has 28 heavy (non-hydrogen) atoms. The second kappa shape index (κ2) is 7.44. The Morgan fingerprint density at radius 1 is 0.893 bits per heavy atom. The Balaban J connectivity index is 1.52.